The number of nitrogen functional groups attached to an aromatic ring is 1. The summed E-state index contributed by atoms with van der Waals surface area (Å²) >= 11 is 2.90. The first-order valence-corrected chi connectivity index (χ1v) is 10.4. The van der Waals surface area contributed by atoms with Crippen LogP contribution in [0.3, 0.4) is 0 Å². The minimum atomic E-state index is -0.241. The zero-order chi connectivity index (χ0) is 23.8. The third kappa shape index (κ3) is 13.0. The molecular formula is C23H28BrNO6. The number of methoxy groups -OCH3 is 2. The van der Waals surface area contributed by atoms with Crippen molar-refractivity contribution < 1.29 is 28.7 Å². The third-order valence-electron chi connectivity index (χ3n) is 3.81. The third-order valence-corrected chi connectivity index (χ3v) is 4.27. The molecule has 31 heavy (non-hydrogen) atoms. The fourth-order valence-electron chi connectivity index (χ4n) is 2.11. The van der Waals surface area contributed by atoms with Crippen molar-refractivity contribution in [2.75, 3.05) is 25.3 Å². The highest BCUT2D eigenvalue weighted by atomic mass is 79.9. The zero-order valence-corrected chi connectivity index (χ0v) is 19.7. The Kier molecular flexibility index (Phi) is 14.3. The van der Waals surface area contributed by atoms with Gasteiger partial charge in [-0.25, -0.2) is 0 Å². The molecule has 0 spiro atoms. The number of benzene rings is 2. The van der Waals surface area contributed by atoms with Gasteiger partial charge in [0.05, 0.1) is 14.2 Å². The summed E-state index contributed by atoms with van der Waals surface area (Å²) in [7, 11) is 2.72. The number of rotatable bonds is 6. The Bertz CT molecular complexity index is 876. The van der Waals surface area contributed by atoms with Crippen LogP contribution in [-0.4, -0.2) is 43.1 Å². The number of ketones is 2. The average Bonchev–Trinajstić information content (AvgIpc) is 2.77. The van der Waals surface area contributed by atoms with Crippen molar-refractivity contribution >= 4 is 45.1 Å². The predicted molar refractivity (Wildman–Crippen MR) is 123 cm³/mol. The molecule has 8 heteroatoms. The standard InChI is InChI=1S/C12H14O3.C8H9NO.C3H5BrO2/c1-9(13)11-5-3-4-10(8-11)6-7-12(14)15-2;1-6(10)7-3-2-4-8(9)5-7;1-6-3(5)2-4/h3-5,8H,6-7H2,1-2H3;2-5H,9H2,1H3;2H2,1H3. The van der Waals surface area contributed by atoms with Crippen molar-refractivity contribution in [3.05, 3.63) is 65.2 Å². The monoisotopic (exact) mass is 493 g/mol. The first kappa shape index (κ1) is 28.0. The second-order valence-electron chi connectivity index (χ2n) is 6.22. The van der Waals surface area contributed by atoms with Gasteiger partial charge in [0.25, 0.3) is 0 Å². The highest BCUT2D eigenvalue weighted by Gasteiger charge is 2.03. The van der Waals surface area contributed by atoms with Gasteiger partial charge >= 0.3 is 11.9 Å². The van der Waals surface area contributed by atoms with Crippen molar-refractivity contribution in [2.24, 2.45) is 0 Å². The average molecular weight is 494 g/mol. The summed E-state index contributed by atoms with van der Waals surface area (Å²) in [5.41, 5.74) is 8.40. The Morgan fingerprint density at radius 2 is 1.35 bits per heavy atom. The smallest absolute Gasteiger partial charge is 0.316 e. The van der Waals surface area contributed by atoms with E-state index < -0.39 is 0 Å². The molecule has 168 valence electrons. The Morgan fingerprint density at radius 3 is 1.74 bits per heavy atom. The number of anilines is 1. The highest BCUT2D eigenvalue weighted by Crippen LogP contribution is 2.08. The molecule has 0 atom stereocenters. The SMILES string of the molecule is CC(=O)c1cccc(N)c1.COC(=O)CBr.COC(=O)CCc1cccc(C(C)=O)c1. The van der Waals surface area contributed by atoms with Crippen molar-refractivity contribution in [1.29, 1.82) is 0 Å². The Hall–Kier alpha value is -3.00. The van der Waals surface area contributed by atoms with Crippen LogP contribution in [0.1, 0.15) is 46.5 Å². The van der Waals surface area contributed by atoms with Crippen LogP contribution in [0.5, 0.6) is 0 Å². The molecule has 2 aromatic rings. The summed E-state index contributed by atoms with van der Waals surface area (Å²) in [6, 6.07) is 14.2. The van der Waals surface area contributed by atoms with Gasteiger partial charge in [-0.3, -0.25) is 19.2 Å². The maximum Gasteiger partial charge on any atom is 0.316 e. The summed E-state index contributed by atoms with van der Waals surface area (Å²) in [5.74, 6) is -0.388. The second kappa shape index (κ2) is 15.8. The lowest BCUT2D eigenvalue weighted by Crippen LogP contribution is -2.02. The molecule has 0 bridgehead atoms. The number of carbonyl (C=O) groups excluding carboxylic acids is 4. The van der Waals surface area contributed by atoms with Crippen molar-refractivity contribution in [3.8, 4) is 0 Å². The molecule has 2 rings (SSSR count). The number of Topliss-reactive ketones (excluding diaryl/α,β-unsaturated/α-hetero) is 2. The molecule has 0 amide bonds. The van der Waals surface area contributed by atoms with E-state index in [1.807, 2.05) is 18.2 Å². The number of aryl methyl sites for hydroxylation is 1. The minimum Gasteiger partial charge on any atom is -0.469 e. The number of hydrogen-bond acceptors (Lipinski definition) is 7. The molecule has 0 aliphatic heterocycles. The fraction of sp³-hybridized carbons (Fsp3) is 0.304. The Labute approximate surface area is 191 Å². The molecule has 0 heterocycles. The number of alkyl halides is 1. The second-order valence-corrected chi connectivity index (χ2v) is 6.78. The number of ether oxygens (including phenoxy) is 2. The zero-order valence-electron chi connectivity index (χ0n) is 18.1. The summed E-state index contributed by atoms with van der Waals surface area (Å²) in [4.78, 5) is 42.7. The van der Waals surface area contributed by atoms with Gasteiger partial charge in [-0.1, -0.05) is 46.3 Å². The van der Waals surface area contributed by atoms with Crippen LogP contribution in [0.25, 0.3) is 0 Å². The van der Waals surface area contributed by atoms with Crippen LogP contribution in [0, 0.1) is 0 Å². The van der Waals surface area contributed by atoms with Crippen LogP contribution >= 0.6 is 15.9 Å². The van der Waals surface area contributed by atoms with E-state index in [9.17, 15) is 19.2 Å². The van der Waals surface area contributed by atoms with E-state index in [0.29, 0.717) is 29.7 Å². The van der Waals surface area contributed by atoms with E-state index in [0.717, 1.165) is 5.56 Å². The maximum atomic E-state index is 11.1. The first-order valence-electron chi connectivity index (χ1n) is 9.30. The first-order chi connectivity index (χ1) is 14.6. The van der Waals surface area contributed by atoms with Crippen molar-refractivity contribution in [3.63, 3.8) is 0 Å². The van der Waals surface area contributed by atoms with E-state index >= 15 is 0 Å². The molecular weight excluding hydrogens is 466 g/mol. The molecule has 2 N–H and O–H groups in total. The van der Waals surface area contributed by atoms with Gasteiger partial charge in [0.2, 0.25) is 0 Å². The summed E-state index contributed by atoms with van der Waals surface area (Å²) in [6.07, 6.45) is 0.950. The fourth-order valence-corrected chi connectivity index (χ4v) is 2.34. The van der Waals surface area contributed by atoms with E-state index in [4.69, 9.17) is 5.73 Å². The molecule has 0 aliphatic rings. The largest absolute Gasteiger partial charge is 0.469 e. The molecule has 0 unspecified atom stereocenters. The maximum absolute atomic E-state index is 11.1. The number of carbonyl (C=O) groups is 4. The lowest BCUT2D eigenvalue weighted by molar-refractivity contribution is -0.140. The topological polar surface area (TPSA) is 113 Å². The van der Waals surface area contributed by atoms with Crippen LogP contribution in [-0.2, 0) is 25.5 Å². The Morgan fingerprint density at radius 1 is 0.839 bits per heavy atom. The summed E-state index contributed by atoms with van der Waals surface area (Å²) in [5, 5.41) is 0.281. The van der Waals surface area contributed by atoms with Crippen LogP contribution in [0.15, 0.2) is 48.5 Å². The minimum absolute atomic E-state index is 0.0370. The lowest BCUT2D eigenvalue weighted by Gasteiger charge is -2.02. The van der Waals surface area contributed by atoms with Gasteiger partial charge in [-0.2, -0.15) is 0 Å². The molecule has 0 aliphatic carbocycles. The van der Waals surface area contributed by atoms with Crippen molar-refractivity contribution in [1.82, 2.24) is 0 Å². The van der Waals surface area contributed by atoms with Gasteiger partial charge in [0.1, 0.15) is 5.33 Å². The number of hydrogen-bond donors (Lipinski definition) is 1. The molecule has 7 nitrogen and oxygen atoms in total. The van der Waals surface area contributed by atoms with E-state index in [2.05, 4.69) is 25.4 Å². The van der Waals surface area contributed by atoms with Crippen molar-refractivity contribution in [2.45, 2.75) is 26.7 Å². The van der Waals surface area contributed by atoms with E-state index in [1.165, 1.54) is 28.1 Å². The van der Waals surface area contributed by atoms with Gasteiger partial charge in [0, 0.05) is 23.2 Å². The highest BCUT2D eigenvalue weighted by molar-refractivity contribution is 9.09. The van der Waals surface area contributed by atoms with E-state index in [-0.39, 0.29) is 28.8 Å². The molecule has 0 saturated carbocycles. The molecule has 0 fully saturated rings. The lowest BCUT2D eigenvalue weighted by atomic mass is 10.0. The quantitative estimate of drug-likeness (QED) is 0.279. The number of nitrogens with two attached hydrogens (primary N) is 1. The van der Waals surface area contributed by atoms with Gasteiger partial charge in [0.15, 0.2) is 11.6 Å². The molecule has 0 aromatic heterocycles. The number of halogens is 1. The van der Waals surface area contributed by atoms with Crippen LogP contribution in [0.4, 0.5) is 5.69 Å². The normalized spacial score (nSPS) is 9.19. The van der Waals surface area contributed by atoms with Crippen LogP contribution in [0.2, 0.25) is 0 Å². The summed E-state index contributed by atoms with van der Waals surface area (Å²) in [6.45, 7) is 3.05. The summed E-state index contributed by atoms with van der Waals surface area (Å²) < 4.78 is 8.76. The molecule has 0 radical (unpaired) electrons. The molecule has 2 aromatic carbocycles. The van der Waals surface area contributed by atoms with Gasteiger partial charge < -0.3 is 15.2 Å². The molecule has 0 saturated heterocycles. The van der Waals surface area contributed by atoms with Crippen LogP contribution < -0.4 is 5.73 Å². The number of esters is 2. The Balaban J connectivity index is 0.000000484. The van der Waals surface area contributed by atoms with Gasteiger partial charge in [-0.05, 0) is 44.0 Å². The predicted octanol–water partition coefficient (Wildman–Crippen LogP) is 4.02. The van der Waals surface area contributed by atoms with E-state index in [1.54, 1.807) is 30.3 Å². The van der Waals surface area contributed by atoms with Gasteiger partial charge in [-0.15, -0.1) is 0 Å².